The van der Waals surface area contributed by atoms with E-state index in [9.17, 15) is 4.79 Å². The van der Waals surface area contributed by atoms with Crippen LogP contribution >= 0.6 is 0 Å². The molecule has 0 saturated carbocycles. The van der Waals surface area contributed by atoms with Crippen LogP contribution in [0.2, 0.25) is 0 Å². The molecule has 0 bridgehead atoms. The number of esters is 1. The largest absolute Gasteiger partial charge is 0.469 e. The minimum atomic E-state index is -0.172. The molecule has 0 aliphatic rings. The summed E-state index contributed by atoms with van der Waals surface area (Å²) in [5.41, 5.74) is 5.64. The number of nitrogens with two attached hydrogens (primary N) is 1. The zero-order valence-electron chi connectivity index (χ0n) is 7.46. The first-order chi connectivity index (χ1) is 5.11. The molecule has 0 fully saturated rings. The Hall–Kier alpha value is -0.570. The van der Waals surface area contributed by atoms with Gasteiger partial charge in [-0.1, -0.05) is 13.3 Å². The molecule has 2 N–H and O–H groups in total. The molecule has 2 unspecified atom stereocenters. The molecule has 0 heterocycles. The van der Waals surface area contributed by atoms with Gasteiger partial charge in [0.15, 0.2) is 0 Å². The van der Waals surface area contributed by atoms with E-state index in [1.165, 1.54) is 7.11 Å². The molecule has 66 valence electrons. The SMILES string of the molecule is CCC(CC(=O)OC)C(C)N. The summed E-state index contributed by atoms with van der Waals surface area (Å²) < 4.78 is 4.54. The summed E-state index contributed by atoms with van der Waals surface area (Å²) in [5, 5.41) is 0. The zero-order valence-corrected chi connectivity index (χ0v) is 7.46. The molecule has 0 spiro atoms. The number of ether oxygens (including phenoxy) is 1. The predicted octanol–water partition coefficient (Wildman–Crippen LogP) is 0.923. The molecule has 0 aromatic carbocycles. The number of hydrogen-bond acceptors (Lipinski definition) is 3. The van der Waals surface area contributed by atoms with Gasteiger partial charge in [0.25, 0.3) is 0 Å². The highest BCUT2D eigenvalue weighted by Gasteiger charge is 2.15. The molecule has 0 rings (SSSR count). The maximum Gasteiger partial charge on any atom is 0.305 e. The summed E-state index contributed by atoms with van der Waals surface area (Å²) in [6.45, 7) is 3.94. The molecule has 0 aliphatic carbocycles. The van der Waals surface area contributed by atoms with Crippen molar-refractivity contribution in [2.24, 2.45) is 11.7 Å². The summed E-state index contributed by atoms with van der Waals surface area (Å²) in [6.07, 6.45) is 1.36. The van der Waals surface area contributed by atoms with Crippen LogP contribution in [0.5, 0.6) is 0 Å². The summed E-state index contributed by atoms with van der Waals surface area (Å²) in [6, 6.07) is 0.0686. The van der Waals surface area contributed by atoms with Crippen LogP contribution < -0.4 is 5.73 Å². The van der Waals surface area contributed by atoms with Crippen LogP contribution in [0.3, 0.4) is 0 Å². The lowest BCUT2D eigenvalue weighted by Crippen LogP contribution is -2.28. The van der Waals surface area contributed by atoms with E-state index >= 15 is 0 Å². The highest BCUT2D eigenvalue weighted by Crippen LogP contribution is 2.11. The smallest absolute Gasteiger partial charge is 0.305 e. The molecular formula is C8H17NO2. The van der Waals surface area contributed by atoms with E-state index in [1.54, 1.807) is 0 Å². The fourth-order valence-electron chi connectivity index (χ4n) is 0.999. The standard InChI is InChI=1S/C8H17NO2/c1-4-7(6(2)9)5-8(10)11-3/h6-7H,4-5,9H2,1-3H3. The van der Waals surface area contributed by atoms with Gasteiger partial charge in [0.2, 0.25) is 0 Å². The van der Waals surface area contributed by atoms with Gasteiger partial charge in [-0.3, -0.25) is 4.79 Å². The molecule has 0 aromatic heterocycles. The van der Waals surface area contributed by atoms with E-state index in [-0.39, 0.29) is 17.9 Å². The van der Waals surface area contributed by atoms with Gasteiger partial charge in [-0.2, -0.15) is 0 Å². The van der Waals surface area contributed by atoms with Crippen LogP contribution in [0, 0.1) is 5.92 Å². The van der Waals surface area contributed by atoms with Crippen LogP contribution in [-0.4, -0.2) is 19.1 Å². The van der Waals surface area contributed by atoms with Crippen LogP contribution in [0.25, 0.3) is 0 Å². The van der Waals surface area contributed by atoms with Gasteiger partial charge >= 0.3 is 5.97 Å². The summed E-state index contributed by atoms with van der Waals surface area (Å²) >= 11 is 0. The third-order valence-electron chi connectivity index (χ3n) is 1.92. The van der Waals surface area contributed by atoms with E-state index in [1.807, 2.05) is 13.8 Å². The van der Waals surface area contributed by atoms with Gasteiger partial charge < -0.3 is 10.5 Å². The Morgan fingerprint density at radius 1 is 1.64 bits per heavy atom. The number of methoxy groups -OCH3 is 1. The normalized spacial score (nSPS) is 15.6. The van der Waals surface area contributed by atoms with Gasteiger partial charge in [0.05, 0.1) is 7.11 Å². The second-order valence-corrected chi connectivity index (χ2v) is 2.81. The molecule has 0 amide bonds. The summed E-state index contributed by atoms with van der Waals surface area (Å²) in [4.78, 5) is 10.8. The van der Waals surface area contributed by atoms with E-state index in [4.69, 9.17) is 5.73 Å². The molecule has 3 nitrogen and oxygen atoms in total. The Kier molecular flexibility index (Phi) is 4.86. The molecule has 0 aromatic rings. The van der Waals surface area contributed by atoms with E-state index in [2.05, 4.69) is 4.74 Å². The second-order valence-electron chi connectivity index (χ2n) is 2.81. The first kappa shape index (κ1) is 10.4. The van der Waals surface area contributed by atoms with Crippen molar-refractivity contribution in [3.63, 3.8) is 0 Å². The minimum Gasteiger partial charge on any atom is -0.469 e. The molecule has 11 heavy (non-hydrogen) atoms. The molecule has 0 radical (unpaired) electrons. The Bertz CT molecular complexity index is 123. The van der Waals surface area contributed by atoms with Crippen molar-refractivity contribution in [2.75, 3.05) is 7.11 Å². The quantitative estimate of drug-likeness (QED) is 0.621. The van der Waals surface area contributed by atoms with Crippen molar-refractivity contribution >= 4 is 5.97 Å². The average Bonchev–Trinajstić information content (AvgIpc) is 1.99. The lowest BCUT2D eigenvalue weighted by atomic mass is 9.95. The summed E-state index contributed by atoms with van der Waals surface area (Å²) in [5.74, 6) is 0.0802. The topological polar surface area (TPSA) is 52.3 Å². The third kappa shape index (κ3) is 3.98. The number of rotatable bonds is 4. The first-order valence-corrected chi connectivity index (χ1v) is 3.94. The third-order valence-corrected chi connectivity index (χ3v) is 1.92. The monoisotopic (exact) mass is 159 g/mol. The minimum absolute atomic E-state index is 0.0686. The molecule has 2 atom stereocenters. The van der Waals surface area contributed by atoms with Crippen molar-refractivity contribution in [1.29, 1.82) is 0 Å². The molecule has 3 heteroatoms. The van der Waals surface area contributed by atoms with E-state index < -0.39 is 0 Å². The van der Waals surface area contributed by atoms with Crippen molar-refractivity contribution < 1.29 is 9.53 Å². The predicted molar refractivity (Wildman–Crippen MR) is 44.1 cm³/mol. The Balaban J connectivity index is 3.78. The summed E-state index contributed by atoms with van der Waals surface area (Å²) in [7, 11) is 1.40. The Morgan fingerprint density at radius 2 is 2.18 bits per heavy atom. The highest BCUT2D eigenvalue weighted by atomic mass is 16.5. The number of carbonyl (C=O) groups excluding carboxylic acids is 1. The van der Waals surface area contributed by atoms with Gasteiger partial charge in [0.1, 0.15) is 0 Å². The Labute approximate surface area is 67.9 Å². The highest BCUT2D eigenvalue weighted by molar-refractivity contribution is 5.69. The fourth-order valence-corrected chi connectivity index (χ4v) is 0.999. The van der Waals surface area contributed by atoms with E-state index in [0.29, 0.717) is 6.42 Å². The molecular weight excluding hydrogens is 142 g/mol. The maximum absolute atomic E-state index is 10.8. The second kappa shape index (κ2) is 5.13. The van der Waals surface area contributed by atoms with Crippen LogP contribution in [0.1, 0.15) is 26.7 Å². The lowest BCUT2D eigenvalue weighted by Gasteiger charge is -2.16. The van der Waals surface area contributed by atoms with Gasteiger partial charge in [-0.05, 0) is 12.8 Å². The van der Waals surface area contributed by atoms with Crippen molar-refractivity contribution in [2.45, 2.75) is 32.7 Å². The van der Waals surface area contributed by atoms with Crippen molar-refractivity contribution in [3.05, 3.63) is 0 Å². The van der Waals surface area contributed by atoms with Gasteiger partial charge in [-0.25, -0.2) is 0 Å². The maximum atomic E-state index is 10.8. The molecule has 0 aliphatic heterocycles. The van der Waals surface area contributed by atoms with Gasteiger partial charge in [-0.15, -0.1) is 0 Å². The average molecular weight is 159 g/mol. The lowest BCUT2D eigenvalue weighted by molar-refractivity contribution is -0.141. The van der Waals surface area contributed by atoms with Crippen molar-refractivity contribution in [1.82, 2.24) is 0 Å². The van der Waals surface area contributed by atoms with Crippen LogP contribution in [-0.2, 0) is 9.53 Å². The van der Waals surface area contributed by atoms with Crippen LogP contribution in [0.4, 0.5) is 0 Å². The van der Waals surface area contributed by atoms with E-state index in [0.717, 1.165) is 6.42 Å². The first-order valence-electron chi connectivity index (χ1n) is 3.94. The van der Waals surface area contributed by atoms with Gasteiger partial charge in [0, 0.05) is 12.5 Å². The number of hydrogen-bond donors (Lipinski definition) is 1. The molecule has 0 saturated heterocycles. The number of carbonyl (C=O) groups is 1. The van der Waals surface area contributed by atoms with Crippen molar-refractivity contribution in [3.8, 4) is 0 Å². The Morgan fingerprint density at radius 3 is 2.45 bits per heavy atom. The zero-order chi connectivity index (χ0) is 8.85. The van der Waals surface area contributed by atoms with Crippen LogP contribution in [0.15, 0.2) is 0 Å². The fraction of sp³-hybridized carbons (Fsp3) is 0.875.